The van der Waals surface area contributed by atoms with E-state index in [-0.39, 0.29) is 18.6 Å². The third-order valence-corrected chi connectivity index (χ3v) is 2.98. The van der Waals surface area contributed by atoms with E-state index in [1.165, 1.54) is 5.56 Å². The summed E-state index contributed by atoms with van der Waals surface area (Å²) in [5.41, 5.74) is 1.27. The Hall–Kier alpha value is -1.35. The molecule has 0 spiro atoms. The van der Waals surface area contributed by atoms with Gasteiger partial charge in [0, 0.05) is 19.0 Å². The molecular weight excluding hydrogens is 226 g/mol. The molecule has 0 heterocycles. The number of rotatable bonds is 7. The van der Waals surface area contributed by atoms with Crippen LogP contribution in [0.15, 0.2) is 30.3 Å². The van der Waals surface area contributed by atoms with Gasteiger partial charge in [0.1, 0.15) is 0 Å². The molecule has 0 aliphatic rings. The van der Waals surface area contributed by atoms with Crippen LogP contribution in [0.5, 0.6) is 0 Å². The molecule has 0 aliphatic heterocycles. The van der Waals surface area contributed by atoms with Crippen LogP contribution in [-0.4, -0.2) is 35.1 Å². The number of aryl methyl sites for hydroxylation is 1. The minimum Gasteiger partial charge on any atom is -0.395 e. The van der Waals surface area contributed by atoms with E-state index in [1.807, 2.05) is 32.0 Å². The Kier molecular flexibility index (Phi) is 6.44. The van der Waals surface area contributed by atoms with Gasteiger partial charge in [-0.1, -0.05) is 30.3 Å². The van der Waals surface area contributed by atoms with Gasteiger partial charge in [-0.15, -0.1) is 0 Å². The van der Waals surface area contributed by atoms with Crippen molar-refractivity contribution in [1.29, 1.82) is 0 Å². The van der Waals surface area contributed by atoms with Gasteiger partial charge in [-0.2, -0.15) is 0 Å². The lowest BCUT2D eigenvalue weighted by Gasteiger charge is -2.26. The molecule has 0 aliphatic carbocycles. The van der Waals surface area contributed by atoms with Crippen LogP contribution < -0.4 is 0 Å². The number of aliphatic hydroxyl groups excluding tert-OH is 1. The molecule has 100 valence electrons. The molecule has 0 aromatic heterocycles. The summed E-state index contributed by atoms with van der Waals surface area (Å²) in [6, 6.07) is 10.3. The Bertz CT molecular complexity index is 349. The van der Waals surface area contributed by atoms with Crippen LogP contribution in [-0.2, 0) is 11.2 Å². The lowest BCUT2D eigenvalue weighted by atomic mass is 10.1. The van der Waals surface area contributed by atoms with Crippen LogP contribution in [0.4, 0.5) is 0 Å². The predicted octanol–water partition coefficient (Wildman–Crippen LogP) is 2.24. The molecule has 0 fully saturated rings. The summed E-state index contributed by atoms with van der Waals surface area (Å²) in [7, 11) is 0. The molecule has 0 saturated heterocycles. The number of aliphatic hydroxyl groups is 1. The van der Waals surface area contributed by atoms with Gasteiger partial charge >= 0.3 is 0 Å². The highest BCUT2D eigenvalue weighted by Crippen LogP contribution is 2.08. The van der Waals surface area contributed by atoms with E-state index < -0.39 is 0 Å². The third kappa shape index (κ3) is 4.88. The van der Waals surface area contributed by atoms with Gasteiger partial charge in [-0.25, -0.2) is 0 Å². The van der Waals surface area contributed by atoms with E-state index in [0.29, 0.717) is 13.0 Å². The highest BCUT2D eigenvalue weighted by atomic mass is 16.3. The minimum absolute atomic E-state index is 0.0304. The molecule has 3 heteroatoms. The molecule has 0 atom stereocenters. The predicted molar refractivity (Wildman–Crippen MR) is 73.3 cm³/mol. The lowest BCUT2D eigenvalue weighted by molar-refractivity contribution is -0.133. The molecule has 0 unspecified atom stereocenters. The zero-order chi connectivity index (χ0) is 13.4. The van der Waals surface area contributed by atoms with Gasteiger partial charge in [0.25, 0.3) is 0 Å². The van der Waals surface area contributed by atoms with E-state index in [4.69, 9.17) is 5.11 Å². The second-order valence-corrected chi connectivity index (χ2v) is 4.74. The summed E-state index contributed by atoms with van der Waals surface area (Å²) < 4.78 is 0. The normalized spacial score (nSPS) is 10.7. The second-order valence-electron chi connectivity index (χ2n) is 4.74. The third-order valence-electron chi connectivity index (χ3n) is 2.98. The van der Waals surface area contributed by atoms with Gasteiger partial charge in [0.05, 0.1) is 6.61 Å². The van der Waals surface area contributed by atoms with E-state index in [9.17, 15) is 4.79 Å². The molecule has 1 aromatic carbocycles. The van der Waals surface area contributed by atoms with Crippen molar-refractivity contribution in [2.75, 3.05) is 13.2 Å². The largest absolute Gasteiger partial charge is 0.395 e. The fourth-order valence-corrected chi connectivity index (χ4v) is 2.01. The second kappa shape index (κ2) is 7.88. The van der Waals surface area contributed by atoms with E-state index in [2.05, 4.69) is 12.1 Å². The summed E-state index contributed by atoms with van der Waals surface area (Å²) in [5, 5.41) is 8.94. The minimum atomic E-state index is 0.0304. The van der Waals surface area contributed by atoms with Crippen molar-refractivity contribution in [1.82, 2.24) is 4.90 Å². The van der Waals surface area contributed by atoms with Crippen LogP contribution >= 0.6 is 0 Å². The zero-order valence-corrected chi connectivity index (χ0v) is 11.3. The Balaban J connectivity index is 2.36. The number of nitrogens with zero attached hydrogens (tertiary/aromatic N) is 1. The maximum absolute atomic E-state index is 12.0. The van der Waals surface area contributed by atoms with Crippen molar-refractivity contribution >= 4 is 5.91 Å². The first-order valence-corrected chi connectivity index (χ1v) is 6.59. The number of hydrogen-bond acceptors (Lipinski definition) is 2. The standard InChI is InChI=1S/C15H23NO2/c1-13(2)16(11-12-17)15(18)10-6-9-14-7-4-3-5-8-14/h3-5,7-8,13,17H,6,9-12H2,1-2H3. The highest BCUT2D eigenvalue weighted by molar-refractivity contribution is 5.76. The van der Waals surface area contributed by atoms with Gasteiger partial charge < -0.3 is 10.0 Å². The van der Waals surface area contributed by atoms with Gasteiger partial charge in [0.2, 0.25) is 5.91 Å². The first-order valence-electron chi connectivity index (χ1n) is 6.59. The van der Waals surface area contributed by atoms with Crippen molar-refractivity contribution in [3.8, 4) is 0 Å². The fraction of sp³-hybridized carbons (Fsp3) is 0.533. The van der Waals surface area contributed by atoms with Crippen molar-refractivity contribution in [3.05, 3.63) is 35.9 Å². The van der Waals surface area contributed by atoms with E-state index in [0.717, 1.165) is 12.8 Å². The molecule has 1 N–H and O–H groups in total. The van der Waals surface area contributed by atoms with Crippen LogP contribution in [0.25, 0.3) is 0 Å². The van der Waals surface area contributed by atoms with Gasteiger partial charge in [-0.3, -0.25) is 4.79 Å². The number of carbonyl (C=O) groups excluding carboxylic acids is 1. The van der Waals surface area contributed by atoms with Crippen LogP contribution in [0.1, 0.15) is 32.3 Å². The summed E-state index contributed by atoms with van der Waals surface area (Å²) in [5.74, 6) is 0.134. The van der Waals surface area contributed by atoms with E-state index >= 15 is 0 Å². The summed E-state index contributed by atoms with van der Waals surface area (Å²) in [6.07, 6.45) is 2.34. The number of benzene rings is 1. The van der Waals surface area contributed by atoms with Crippen LogP contribution in [0.2, 0.25) is 0 Å². The topological polar surface area (TPSA) is 40.5 Å². The molecular formula is C15H23NO2. The first kappa shape index (κ1) is 14.7. The highest BCUT2D eigenvalue weighted by Gasteiger charge is 2.15. The molecule has 0 bridgehead atoms. The van der Waals surface area contributed by atoms with Gasteiger partial charge in [0.15, 0.2) is 0 Å². The zero-order valence-electron chi connectivity index (χ0n) is 11.3. The molecule has 1 aromatic rings. The number of amides is 1. The van der Waals surface area contributed by atoms with Crippen molar-refractivity contribution in [2.24, 2.45) is 0 Å². The molecule has 0 saturated carbocycles. The maximum atomic E-state index is 12.0. The molecule has 1 rings (SSSR count). The summed E-state index contributed by atoms with van der Waals surface area (Å²) in [6.45, 7) is 4.42. The first-order chi connectivity index (χ1) is 8.65. The number of hydrogen-bond donors (Lipinski definition) is 1. The van der Waals surface area contributed by atoms with Crippen molar-refractivity contribution in [2.45, 2.75) is 39.2 Å². The SMILES string of the molecule is CC(C)N(CCO)C(=O)CCCc1ccccc1. The van der Waals surface area contributed by atoms with Crippen molar-refractivity contribution in [3.63, 3.8) is 0 Å². The molecule has 3 nitrogen and oxygen atoms in total. The summed E-state index contributed by atoms with van der Waals surface area (Å²) in [4.78, 5) is 13.7. The fourth-order valence-electron chi connectivity index (χ4n) is 2.01. The smallest absolute Gasteiger partial charge is 0.222 e. The van der Waals surface area contributed by atoms with Gasteiger partial charge in [-0.05, 0) is 32.3 Å². The average Bonchev–Trinajstić information content (AvgIpc) is 2.36. The quantitative estimate of drug-likeness (QED) is 0.805. The molecule has 0 radical (unpaired) electrons. The average molecular weight is 249 g/mol. The maximum Gasteiger partial charge on any atom is 0.222 e. The Morgan fingerprint density at radius 3 is 2.50 bits per heavy atom. The van der Waals surface area contributed by atoms with E-state index in [1.54, 1.807) is 4.90 Å². The Labute approximate surface area is 109 Å². The monoisotopic (exact) mass is 249 g/mol. The Morgan fingerprint density at radius 2 is 1.94 bits per heavy atom. The lowest BCUT2D eigenvalue weighted by Crippen LogP contribution is -2.38. The molecule has 1 amide bonds. The Morgan fingerprint density at radius 1 is 1.28 bits per heavy atom. The summed E-state index contributed by atoms with van der Waals surface area (Å²) >= 11 is 0. The molecule has 18 heavy (non-hydrogen) atoms. The van der Waals surface area contributed by atoms with Crippen LogP contribution in [0, 0.1) is 0 Å². The van der Waals surface area contributed by atoms with Crippen LogP contribution in [0.3, 0.4) is 0 Å². The van der Waals surface area contributed by atoms with Crippen molar-refractivity contribution < 1.29 is 9.90 Å². The number of carbonyl (C=O) groups is 1.